The van der Waals surface area contributed by atoms with E-state index in [1.165, 1.54) is 13.2 Å². The molecule has 1 atom stereocenters. The van der Waals surface area contributed by atoms with Crippen molar-refractivity contribution >= 4 is 39.1 Å². The lowest BCUT2D eigenvalue weighted by atomic mass is 10.00. The highest BCUT2D eigenvalue weighted by Gasteiger charge is 2.21. The molecule has 2 nitrogen and oxygen atoms in total. The van der Waals surface area contributed by atoms with Gasteiger partial charge in [0.05, 0.1) is 12.1 Å². The van der Waals surface area contributed by atoms with Crippen molar-refractivity contribution in [3.05, 3.63) is 61.8 Å². The van der Waals surface area contributed by atoms with Crippen LogP contribution in [0, 0.1) is 5.82 Å². The van der Waals surface area contributed by atoms with Gasteiger partial charge in [-0.05, 0) is 34.1 Å². The summed E-state index contributed by atoms with van der Waals surface area (Å²) >= 11 is 14.8. The maximum atomic E-state index is 14.1. The van der Waals surface area contributed by atoms with Gasteiger partial charge >= 0.3 is 0 Å². The van der Waals surface area contributed by atoms with Crippen molar-refractivity contribution in [3.63, 3.8) is 0 Å². The Balaban J connectivity index is 2.52. The van der Waals surface area contributed by atoms with Gasteiger partial charge in [0.25, 0.3) is 0 Å². The second-order valence-corrected chi connectivity index (χ2v) is 5.72. The zero-order valence-electron chi connectivity index (χ0n) is 10.3. The molecular weight excluding hydrogens is 370 g/mol. The highest BCUT2D eigenvalue weighted by Crippen LogP contribution is 2.36. The predicted molar refractivity (Wildman–Crippen MR) is 81.2 cm³/mol. The van der Waals surface area contributed by atoms with Crippen LogP contribution in [0.3, 0.4) is 0 Å². The molecule has 0 heterocycles. The van der Waals surface area contributed by atoms with Crippen LogP contribution in [-0.2, 0) is 0 Å². The number of halogens is 4. The molecule has 2 aromatic rings. The fourth-order valence-corrected chi connectivity index (χ4v) is 2.47. The third-order valence-electron chi connectivity index (χ3n) is 2.85. The van der Waals surface area contributed by atoms with E-state index < -0.39 is 11.9 Å². The van der Waals surface area contributed by atoms with Gasteiger partial charge in [0.1, 0.15) is 17.7 Å². The van der Waals surface area contributed by atoms with E-state index in [0.29, 0.717) is 20.8 Å². The van der Waals surface area contributed by atoms with E-state index in [9.17, 15) is 9.50 Å². The third-order valence-corrected chi connectivity index (χ3v) is 4.34. The number of benzene rings is 2. The Bertz CT molecular complexity index is 649. The first-order valence-electron chi connectivity index (χ1n) is 5.60. The van der Waals surface area contributed by atoms with Crippen molar-refractivity contribution < 1.29 is 14.2 Å². The van der Waals surface area contributed by atoms with Crippen molar-refractivity contribution in [3.8, 4) is 5.75 Å². The van der Waals surface area contributed by atoms with Gasteiger partial charge in [-0.3, -0.25) is 0 Å². The lowest BCUT2D eigenvalue weighted by Gasteiger charge is -2.17. The average molecular weight is 380 g/mol. The fraction of sp³-hybridized carbons (Fsp3) is 0.143. The Labute approximate surface area is 134 Å². The summed E-state index contributed by atoms with van der Waals surface area (Å²) in [6, 6.07) is 7.77. The summed E-state index contributed by atoms with van der Waals surface area (Å²) in [7, 11) is 1.45. The molecule has 0 spiro atoms. The monoisotopic (exact) mass is 378 g/mol. The van der Waals surface area contributed by atoms with Gasteiger partial charge in [-0.1, -0.05) is 35.3 Å². The molecule has 1 N–H and O–H groups in total. The molecule has 0 aromatic heterocycles. The fourth-order valence-electron chi connectivity index (χ4n) is 1.83. The number of methoxy groups -OCH3 is 1. The predicted octanol–water partition coefficient (Wildman–Crippen LogP) is 4.99. The number of hydrogen-bond donors (Lipinski definition) is 1. The largest absolute Gasteiger partial charge is 0.496 e. The van der Waals surface area contributed by atoms with Crippen molar-refractivity contribution in [2.24, 2.45) is 0 Å². The van der Waals surface area contributed by atoms with Crippen LogP contribution in [0.1, 0.15) is 17.2 Å². The van der Waals surface area contributed by atoms with Gasteiger partial charge in [-0.15, -0.1) is 0 Å². The average Bonchev–Trinajstić information content (AvgIpc) is 2.44. The first-order valence-corrected chi connectivity index (χ1v) is 7.15. The second-order valence-electron chi connectivity index (χ2n) is 4.05. The molecule has 20 heavy (non-hydrogen) atoms. The van der Waals surface area contributed by atoms with Crippen molar-refractivity contribution in [1.82, 2.24) is 0 Å². The van der Waals surface area contributed by atoms with Crippen molar-refractivity contribution in [1.29, 1.82) is 0 Å². The molecule has 0 aliphatic rings. The van der Waals surface area contributed by atoms with Gasteiger partial charge in [0, 0.05) is 20.6 Å². The molecule has 0 amide bonds. The van der Waals surface area contributed by atoms with Crippen molar-refractivity contribution in [2.45, 2.75) is 6.10 Å². The molecule has 2 aromatic carbocycles. The highest BCUT2D eigenvalue weighted by atomic mass is 79.9. The minimum Gasteiger partial charge on any atom is -0.496 e. The Kier molecular flexibility index (Phi) is 4.91. The summed E-state index contributed by atoms with van der Waals surface area (Å²) in [6.45, 7) is 0. The van der Waals surface area contributed by atoms with Gasteiger partial charge in [-0.25, -0.2) is 4.39 Å². The summed E-state index contributed by atoms with van der Waals surface area (Å²) in [4.78, 5) is 0. The van der Waals surface area contributed by atoms with Crippen molar-refractivity contribution in [2.75, 3.05) is 7.11 Å². The van der Waals surface area contributed by atoms with E-state index in [0.717, 1.165) is 0 Å². The van der Waals surface area contributed by atoms with Crippen LogP contribution in [0.5, 0.6) is 5.75 Å². The van der Waals surface area contributed by atoms with Crippen LogP contribution < -0.4 is 4.74 Å². The Morgan fingerprint density at radius 3 is 2.50 bits per heavy atom. The molecule has 0 radical (unpaired) electrons. The molecule has 2 rings (SSSR count). The number of aliphatic hydroxyl groups excluding tert-OH is 1. The highest BCUT2D eigenvalue weighted by molar-refractivity contribution is 9.10. The SMILES string of the molecule is COc1cc(Cl)ccc1C(O)c1ccc(Br)c(Cl)c1F. The van der Waals surface area contributed by atoms with Gasteiger partial charge < -0.3 is 9.84 Å². The smallest absolute Gasteiger partial charge is 0.149 e. The van der Waals surface area contributed by atoms with Crippen LogP contribution in [0.25, 0.3) is 0 Å². The maximum Gasteiger partial charge on any atom is 0.149 e. The van der Waals surface area contributed by atoms with E-state index in [1.54, 1.807) is 24.3 Å². The summed E-state index contributed by atoms with van der Waals surface area (Å²) in [5, 5.41) is 10.7. The van der Waals surface area contributed by atoms with Gasteiger partial charge in [-0.2, -0.15) is 0 Å². The van der Waals surface area contributed by atoms with E-state index in [-0.39, 0.29) is 10.6 Å². The molecule has 1 unspecified atom stereocenters. The Morgan fingerprint density at radius 2 is 1.85 bits per heavy atom. The summed E-state index contributed by atoms with van der Waals surface area (Å²) in [6.07, 6.45) is -1.20. The van der Waals surface area contributed by atoms with E-state index in [2.05, 4.69) is 15.9 Å². The number of ether oxygens (including phenoxy) is 1. The van der Waals surface area contributed by atoms with Gasteiger partial charge in [0.2, 0.25) is 0 Å². The minimum absolute atomic E-state index is 0.0684. The quantitative estimate of drug-likeness (QED) is 0.761. The maximum absolute atomic E-state index is 14.1. The lowest BCUT2D eigenvalue weighted by Crippen LogP contribution is -2.05. The van der Waals surface area contributed by atoms with Crippen LogP contribution in [-0.4, -0.2) is 12.2 Å². The first kappa shape index (κ1) is 15.6. The van der Waals surface area contributed by atoms with Gasteiger partial charge in [0.15, 0.2) is 0 Å². The third kappa shape index (κ3) is 2.93. The summed E-state index contributed by atoms with van der Waals surface area (Å²) in [5.41, 5.74) is 0.480. The normalized spacial score (nSPS) is 12.3. The Hall–Kier alpha value is -0.810. The van der Waals surface area contributed by atoms with E-state index >= 15 is 0 Å². The minimum atomic E-state index is -1.20. The van der Waals surface area contributed by atoms with E-state index in [4.69, 9.17) is 27.9 Å². The zero-order valence-corrected chi connectivity index (χ0v) is 13.4. The first-order chi connectivity index (χ1) is 9.45. The molecule has 0 fully saturated rings. The molecule has 6 heteroatoms. The number of aliphatic hydroxyl groups is 1. The zero-order chi connectivity index (χ0) is 14.9. The van der Waals surface area contributed by atoms with Crippen LogP contribution in [0.15, 0.2) is 34.8 Å². The Morgan fingerprint density at radius 1 is 1.20 bits per heavy atom. The second kappa shape index (κ2) is 6.31. The molecule has 0 saturated heterocycles. The molecule has 106 valence electrons. The molecule has 0 saturated carbocycles. The summed E-state index contributed by atoms with van der Waals surface area (Å²) < 4.78 is 19.7. The number of hydrogen-bond acceptors (Lipinski definition) is 2. The topological polar surface area (TPSA) is 29.5 Å². The molecule has 0 aliphatic heterocycles. The molecule has 0 aliphatic carbocycles. The lowest BCUT2D eigenvalue weighted by molar-refractivity contribution is 0.209. The standard InChI is InChI=1S/C14H10BrCl2FO2/c1-20-11-6-7(16)2-3-8(11)14(19)9-4-5-10(15)12(17)13(9)18/h2-6,14,19H,1H3. The van der Waals surface area contributed by atoms with Crippen LogP contribution in [0.2, 0.25) is 10.0 Å². The van der Waals surface area contributed by atoms with Crippen LogP contribution in [0.4, 0.5) is 4.39 Å². The number of rotatable bonds is 3. The summed E-state index contributed by atoms with van der Waals surface area (Å²) in [5.74, 6) is -0.297. The van der Waals surface area contributed by atoms with E-state index in [1.807, 2.05) is 0 Å². The molecule has 0 bridgehead atoms. The molecular formula is C14H10BrCl2FO2. The van der Waals surface area contributed by atoms with Crippen LogP contribution >= 0.6 is 39.1 Å².